The summed E-state index contributed by atoms with van der Waals surface area (Å²) in [6.07, 6.45) is -2.28. The molecule has 0 unspecified atom stereocenters. The maximum Gasteiger partial charge on any atom is 0.416 e. The first-order chi connectivity index (χ1) is 16.9. The fourth-order valence-electron chi connectivity index (χ4n) is 3.43. The van der Waals surface area contributed by atoms with E-state index in [0.717, 1.165) is 28.6 Å². The summed E-state index contributed by atoms with van der Waals surface area (Å²) in [6, 6.07) is 16.2. The van der Waals surface area contributed by atoms with Crippen LogP contribution in [0.5, 0.6) is 5.75 Å². The second kappa shape index (κ2) is 10.9. The van der Waals surface area contributed by atoms with E-state index < -0.39 is 33.8 Å². The Hall–Kier alpha value is -3.79. The van der Waals surface area contributed by atoms with Crippen molar-refractivity contribution in [2.24, 2.45) is 0 Å². The Bertz CT molecular complexity index is 1340. The highest BCUT2D eigenvalue weighted by Crippen LogP contribution is 2.39. The minimum Gasteiger partial charge on any atom is -0.487 e. The molecule has 36 heavy (non-hydrogen) atoms. The second-order valence-electron chi connectivity index (χ2n) is 8.09. The molecule has 0 aliphatic rings. The molecule has 10 heteroatoms. The minimum atomic E-state index is -4.66. The zero-order chi connectivity index (χ0) is 26.5. The van der Waals surface area contributed by atoms with Crippen molar-refractivity contribution in [3.8, 4) is 5.75 Å². The zero-order valence-corrected chi connectivity index (χ0v) is 20.3. The maximum atomic E-state index is 13.5. The molecule has 0 aliphatic heterocycles. The van der Waals surface area contributed by atoms with Gasteiger partial charge in [-0.2, -0.15) is 13.2 Å². The Morgan fingerprint density at radius 1 is 1.03 bits per heavy atom. The smallest absolute Gasteiger partial charge is 0.416 e. The van der Waals surface area contributed by atoms with Crippen LogP contribution in [0.3, 0.4) is 0 Å². The number of ether oxygens (including phenoxy) is 1. The molecule has 6 nitrogen and oxygen atoms in total. The van der Waals surface area contributed by atoms with Gasteiger partial charge in [0.05, 0.1) is 16.1 Å². The van der Waals surface area contributed by atoms with E-state index in [4.69, 9.17) is 9.84 Å². The summed E-state index contributed by atoms with van der Waals surface area (Å²) in [6.45, 7) is 3.09. The van der Waals surface area contributed by atoms with Gasteiger partial charge in [-0.3, -0.25) is 4.31 Å². The fourth-order valence-corrected chi connectivity index (χ4v) is 5.13. The van der Waals surface area contributed by atoms with Crippen molar-refractivity contribution in [1.29, 1.82) is 0 Å². The van der Waals surface area contributed by atoms with Crippen molar-refractivity contribution in [2.45, 2.75) is 37.6 Å². The van der Waals surface area contributed by atoms with Crippen LogP contribution in [-0.4, -0.2) is 25.5 Å². The third-order valence-electron chi connectivity index (χ3n) is 5.09. The quantitative estimate of drug-likeness (QED) is 0.351. The molecule has 3 aromatic rings. The summed E-state index contributed by atoms with van der Waals surface area (Å²) in [5.74, 6) is -1.34. The maximum absolute atomic E-state index is 13.5. The number of halogens is 3. The van der Waals surface area contributed by atoms with E-state index in [0.29, 0.717) is 11.1 Å². The lowest BCUT2D eigenvalue weighted by molar-refractivity contribution is -0.137. The summed E-state index contributed by atoms with van der Waals surface area (Å²) < 4.78 is 74.0. The van der Waals surface area contributed by atoms with Crippen LogP contribution in [0.2, 0.25) is 0 Å². The van der Waals surface area contributed by atoms with Gasteiger partial charge >= 0.3 is 12.1 Å². The highest BCUT2D eigenvalue weighted by atomic mass is 32.2. The third-order valence-corrected chi connectivity index (χ3v) is 7.09. The van der Waals surface area contributed by atoms with Crippen LogP contribution in [0.25, 0.3) is 6.08 Å². The Morgan fingerprint density at radius 2 is 1.67 bits per heavy atom. The molecule has 3 rings (SSSR count). The molecule has 0 atom stereocenters. The van der Waals surface area contributed by atoms with Gasteiger partial charge in [0, 0.05) is 12.1 Å². The van der Waals surface area contributed by atoms with E-state index in [1.807, 2.05) is 0 Å². The Morgan fingerprint density at radius 3 is 2.22 bits per heavy atom. The molecule has 0 aliphatic carbocycles. The highest BCUT2D eigenvalue weighted by Gasteiger charge is 2.34. The summed E-state index contributed by atoms with van der Waals surface area (Å²) in [7, 11) is -4.11. The van der Waals surface area contributed by atoms with Gasteiger partial charge in [-0.15, -0.1) is 0 Å². The van der Waals surface area contributed by atoms with Crippen LogP contribution in [0.4, 0.5) is 18.9 Å². The molecule has 0 radical (unpaired) electrons. The van der Waals surface area contributed by atoms with E-state index in [9.17, 15) is 26.4 Å². The van der Waals surface area contributed by atoms with Crippen molar-refractivity contribution >= 4 is 27.8 Å². The van der Waals surface area contributed by atoms with Gasteiger partial charge in [-0.1, -0.05) is 42.5 Å². The lowest BCUT2D eigenvalue weighted by Crippen LogP contribution is -2.37. The van der Waals surface area contributed by atoms with Crippen LogP contribution in [0.1, 0.15) is 30.5 Å². The van der Waals surface area contributed by atoms with E-state index >= 15 is 0 Å². The number of alkyl halides is 3. The molecule has 0 bridgehead atoms. The van der Waals surface area contributed by atoms with Crippen molar-refractivity contribution in [2.75, 3.05) is 4.31 Å². The molecule has 3 aromatic carbocycles. The number of hydrogen-bond donors (Lipinski definition) is 1. The summed E-state index contributed by atoms with van der Waals surface area (Å²) in [5.41, 5.74) is 0.202. The minimum absolute atomic E-state index is 0.00504. The van der Waals surface area contributed by atoms with Crippen molar-refractivity contribution in [1.82, 2.24) is 0 Å². The van der Waals surface area contributed by atoms with Gasteiger partial charge in [0.1, 0.15) is 12.4 Å². The topological polar surface area (TPSA) is 83.9 Å². The molecular weight excluding hydrogens is 495 g/mol. The number of sulfonamides is 1. The number of carbonyl (C=O) groups is 1. The largest absolute Gasteiger partial charge is 0.487 e. The predicted molar refractivity (Wildman–Crippen MR) is 130 cm³/mol. The summed E-state index contributed by atoms with van der Waals surface area (Å²) in [4.78, 5) is 10.7. The molecule has 190 valence electrons. The van der Waals surface area contributed by atoms with Crippen LogP contribution in [-0.2, 0) is 27.6 Å². The Kier molecular flexibility index (Phi) is 8.09. The molecule has 0 saturated heterocycles. The number of anilines is 1. The normalized spacial score (nSPS) is 12.2. The first kappa shape index (κ1) is 26.8. The van der Waals surface area contributed by atoms with Gasteiger partial charge in [0.2, 0.25) is 0 Å². The zero-order valence-electron chi connectivity index (χ0n) is 19.4. The molecule has 0 amide bonds. The average molecular weight is 520 g/mol. The monoisotopic (exact) mass is 519 g/mol. The van der Waals surface area contributed by atoms with Crippen LogP contribution in [0, 0.1) is 0 Å². The van der Waals surface area contributed by atoms with Crippen LogP contribution in [0.15, 0.2) is 83.8 Å². The summed E-state index contributed by atoms with van der Waals surface area (Å²) in [5, 5.41) is 8.73. The number of carboxylic acids is 1. The fraction of sp³-hybridized carbons (Fsp3) is 0.192. The molecule has 0 spiro atoms. The van der Waals surface area contributed by atoms with Crippen molar-refractivity contribution in [3.63, 3.8) is 0 Å². The second-order valence-corrected chi connectivity index (χ2v) is 9.90. The summed E-state index contributed by atoms with van der Waals surface area (Å²) >= 11 is 0. The first-order valence-electron chi connectivity index (χ1n) is 10.8. The van der Waals surface area contributed by atoms with Gasteiger partial charge in [-0.05, 0) is 61.4 Å². The molecule has 0 fully saturated rings. The van der Waals surface area contributed by atoms with E-state index in [1.165, 1.54) is 18.2 Å². The Balaban J connectivity index is 2.00. The lowest BCUT2D eigenvalue weighted by Gasteiger charge is -2.30. The number of hydrogen-bond acceptors (Lipinski definition) is 4. The molecule has 0 saturated carbocycles. The predicted octanol–water partition coefficient (Wildman–Crippen LogP) is 5.99. The van der Waals surface area contributed by atoms with Gasteiger partial charge in [0.15, 0.2) is 0 Å². The standard InChI is InChI=1S/C26H24F3NO5S/c1-18(2)30(36(33,34)22-6-4-3-5-7-22)23-14-13-21(26(27,28)29)16-24(23)35-17-20-10-8-19(9-11-20)12-15-25(31)32/h3-16,18H,17H2,1-2H3,(H,31,32)/b15-12+. The van der Waals surface area contributed by atoms with E-state index in [1.54, 1.807) is 56.3 Å². The van der Waals surface area contributed by atoms with Crippen LogP contribution < -0.4 is 9.04 Å². The molecule has 0 aromatic heterocycles. The number of nitrogens with zero attached hydrogens (tertiary/aromatic N) is 1. The molecular formula is C26H24F3NO5S. The van der Waals surface area contributed by atoms with Crippen molar-refractivity contribution in [3.05, 3.63) is 95.6 Å². The SMILES string of the molecule is CC(C)N(c1ccc(C(F)(F)F)cc1OCc1ccc(/C=C/C(=O)O)cc1)S(=O)(=O)c1ccccc1. The molecule has 1 N–H and O–H groups in total. The number of aliphatic carboxylic acids is 1. The number of carboxylic acid groups (broad SMARTS) is 1. The van der Waals surface area contributed by atoms with E-state index in [-0.39, 0.29) is 22.9 Å². The van der Waals surface area contributed by atoms with Gasteiger partial charge < -0.3 is 9.84 Å². The third kappa shape index (κ3) is 6.45. The highest BCUT2D eigenvalue weighted by molar-refractivity contribution is 7.92. The molecule has 0 heterocycles. The van der Waals surface area contributed by atoms with Gasteiger partial charge in [-0.25, -0.2) is 13.2 Å². The van der Waals surface area contributed by atoms with E-state index in [2.05, 4.69) is 0 Å². The van der Waals surface area contributed by atoms with Crippen LogP contribution >= 0.6 is 0 Å². The van der Waals surface area contributed by atoms with Gasteiger partial charge in [0.25, 0.3) is 10.0 Å². The Labute approximate surface area is 207 Å². The first-order valence-corrected chi connectivity index (χ1v) is 12.3. The average Bonchev–Trinajstić information content (AvgIpc) is 2.82. The van der Waals surface area contributed by atoms with Crippen molar-refractivity contribution < 1.29 is 36.2 Å². The lowest BCUT2D eigenvalue weighted by atomic mass is 10.1. The number of benzene rings is 3. The number of rotatable bonds is 9.